The number of carbonyl (C=O) groups excluding carboxylic acids is 1. The quantitative estimate of drug-likeness (QED) is 0.604. The minimum absolute atomic E-state index is 0.229. The Balaban J connectivity index is 2.03. The van der Waals surface area contributed by atoms with Crippen LogP contribution in [0.15, 0.2) is 30.3 Å². The van der Waals surface area contributed by atoms with Gasteiger partial charge in [-0.15, -0.1) is 0 Å². The second-order valence-corrected chi connectivity index (χ2v) is 6.53. The number of hydrogen-bond acceptors (Lipinski definition) is 5. The molecule has 0 aliphatic heterocycles. The molecule has 0 saturated heterocycles. The second kappa shape index (κ2) is 10.5. The Hall–Kier alpha value is -2.63. The Kier molecular flexibility index (Phi) is 8.04. The Morgan fingerprint density at radius 3 is 2.37 bits per heavy atom. The molecule has 146 valence electrons. The molecule has 1 amide bonds. The summed E-state index contributed by atoms with van der Waals surface area (Å²) in [5, 5.41) is 6.12. The number of rotatable bonds is 10. The van der Waals surface area contributed by atoms with Crippen LogP contribution < -0.4 is 15.5 Å². The fraction of sp³-hybridized carbons (Fsp3) is 0.476. The van der Waals surface area contributed by atoms with E-state index in [2.05, 4.69) is 46.3 Å². The summed E-state index contributed by atoms with van der Waals surface area (Å²) in [6, 6.07) is 9.59. The number of unbranched alkanes of at least 4 members (excludes halogenated alkanes) is 2. The van der Waals surface area contributed by atoms with Gasteiger partial charge in [-0.2, -0.15) is 0 Å². The molecule has 0 atom stereocenters. The Morgan fingerprint density at radius 2 is 1.74 bits per heavy atom. The smallest absolute Gasteiger partial charge is 0.274 e. The van der Waals surface area contributed by atoms with Crippen molar-refractivity contribution in [1.82, 2.24) is 9.97 Å². The summed E-state index contributed by atoms with van der Waals surface area (Å²) in [7, 11) is 0. The highest BCUT2D eigenvalue weighted by Gasteiger charge is 2.11. The average molecular weight is 370 g/mol. The molecule has 2 aromatic rings. The van der Waals surface area contributed by atoms with Crippen molar-refractivity contribution < 1.29 is 4.79 Å². The third kappa shape index (κ3) is 6.24. The van der Waals surface area contributed by atoms with Crippen molar-refractivity contribution in [2.24, 2.45) is 0 Å². The molecule has 1 heterocycles. The van der Waals surface area contributed by atoms with Crippen molar-refractivity contribution in [2.75, 3.05) is 35.2 Å². The number of amides is 1. The lowest BCUT2D eigenvalue weighted by molar-refractivity contribution is 0.102. The number of carbonyl (C=O) groups is 1. The zero-order valence-corrected chi connectivity index (χ0v) is 16.9. The highest BCUT2D eigenvalue weighted by atomic mass is 16.1. The number of aryl methyl sites for hydroxylation is 1. The van der Waals surface area contributed by atoms with Crippen molar-refractivity contribution in [2.45, 2.75) is 47.0 Å². The molecule has 0 aliphatic rings. The molecule has 0 radical (unpaired) electrons. The van der Waals surface area contributed by atoms with Gasteiger partial charge >= 0.3 is 0 Å². The summed E-state index contributed by atoms with van der Waals surface area (Å²) in [5.41, 5.74) is 3.04. The summed E-state index contributed by atoms with van der Waals surface area (Å²) < 4.78 is 0. The molecule has 6 heteroatoms. The largest absolute Gasteiger partial charge is 0.372 e. The molecule has 0 saturated carbocycles. The molecule has 27 heavy (non-hydrogen) atoms. The third-order valence-electron chi connectivity index (χ3n) is 4.40. The molecule has 2 N–H and O–H groups in total. The maximum absolute atomic E-state index is 12.6. The number of nitrogens with zero attached hydrogens (tertiary/aromatic N) is 3. The minimum atomic E-state index is -0.229. The normalized spacial score (nSPS) is 10.5. The SMILES string of the molecule is CCCCCNc1nc(C)cc(C(=O)Nc2ccc(N(CC)CC)cc2)n1. The second-order valence-electron chi connectivity index (χ2n) is 6.53. The summed E-state index contributed by atoms with van der Waals surface area (Å²) in [6.07, 6.45) is 3.39. The van der Waals surface area contributed by atoms with Gasteiger partial charge in [0.15, 0.2) is 0 Å². The van der Waals surface area contributed by atoms with Crippen LogP contribution in [0.4, 0.5) is 17.3 Å². The standard InChI is InChI=1S/C21H31N5O/c1-5-8-9-14-22-21-23-16(4)15-19(25-21)20(27)24-17-10-12-18(13-11-17)26(6-2)7-3/h10-13,15H,5-9,14H2,1-4H3,(H,24,27)(H,22,23,25). The monoisotopic (exact) mass is 369 g/mol. The van der Waals surface area contributed by atoms with Crippen LogP contribution in [-0.4, -0.2) is 35.5 Å². The van der Waals surface area contributed by atoms with Gasteiger partial charge in [0.1, 0.15) is 5.69 Å². The molecule has 0 spiro atoms. The number of hydrogen-bond donors (Lipinski definition) is 2. The molecule has 2 rings (SSSR count). The van der Waals surface area contributed by atoms with Gasteiger partial charge in [0.05, 0.1) is 0 Å². The van der Waals surface area contributed by atoms with Crippen LogP contribution >= 0.6 is 0 Å². The van der Waals surface area contributed by atoms with E-state index in [-0.39, 0.29) is 5.91 Å². The lowest BCUT2D eigenvalue weighted by Gasteiger charge is -2.21. The van der Waals surface area contributed by atoms with E-state index in [1.165, 1.54) is 0 Å². The van der Waals surface area contributed by atoms with Gasteiger partial charge in [-0.1, -0.05) is 19.8 Å². The average Bonchev–Trinajstić information content (AvgIpc) is 2.67. The van der Waals surface area contributed by atoms with E-state index in [4.69, 9.17) is 0 Å². The lowest BCUT2D eigenvalue weighted by Crippen LogP contribution is -2.21. The number of benzene rings is 1. The van der Waals surface area contributed by atoms with Crippen LogP contribution in [0.2, 0.25) is 0 Å². The van der Waals surface area contributed by atoms with Crippen molar-refractivity contribution in [3.8, 4) is 0 Å². The summed E-state index contributed by atoms with van der Waals surface area (Å²) in [4.78, 5) is 23.6. The van der Waals surface area contributed by atoms with E-state index < -0.39 is 0 Å². The van der Waals surface area contributed by atoms with Crippen LogP contribution in [0.1, 0.15) is 56.2 Å². The van der Waals surface area contributed by atoms with Gasteiger partial charge in [0.25, 0.3) is 5.91 Å². The molecule has 0 fully saturated rings. The van der Waals surface area contributed by atoms with Gasteiger partial charge in [-0.25, -0.2) is 9.97 Å². The van der Waals surface area contributed by atoms with Crippen LogP contribution in [-0.2, 0) is 0 Å². The molecule has 1 aromatic carbocycles. The summed E-state index contributed by atoms with van der Waals surface area (Å²) >= 11 is 0. The Morgan fingerprint density at radius 1 is 1.04 bits per heavy atom. The lowest BCUT2D eigenvalue weighted by atomic mass is 10.2. The number of anilines is 3. The van der Waals surface area contributed by atoms with Crippen LogP contribution in [0.25, 0.3) is 0 Å². The van der Waals surface area contributed by atoms with E-state index >= 15 is 0 Å². The molecule has 1 aromatic heterocycles. The highest BCUT2D eigenvalue weighted by Crippen LogP contribution is 2.18. The first-order chi connectivity index (χ1) is 13.1. The number of aromatic nitrogens is 2. The predicted octanol–water partition coefficient (Wildman–Crippen LogP) is 4.49. The fourth-order valence-electron chi connectivity index (χ4n) is 2.88. The maximum Gasteiger partial charge on any atom is 0.274 e. The third-order valence-corrected chi connectivity index (χ3v) is 4.40. The topological polar surface area (TPSA) is 70.2 Å². The van der Waals surface area contributed by atoms with Crippen molar-refractivity contribution >= 4 is 23.2 Å². The zero-order valence-electron chi connectivity index (χ0n) is 16.9. The molecule has 0 bridgehead atoms. The fourth-order valence-corrected chi connectivity index (χ4v) is 2.88. The Bertz CT molecular complexity index is 726. The Labute approximate surface area is 162 Å². The van der Waals surface area contributed by atoms with E-state index in [0.717, 1.165) is 56.0 Å². The number of nitrogens with one attached hydrogen (secondary N) is 2. The van der Waals surface area contributed by atoms with Crippen molar-refractivity contribution in [1.29, 1.82) is 0 Å². The van der Waals surface area contributed by atoms with E-state index in [1.807, 2.05) is 31.2 Å². The summed E-state index contributed by atoms with van der Waals surface area (Å²) in [6.45, 7) is 11.0. The van der Waals surface area contributed by atoms with Gasteiger partial charge < -0.3 is 15.5 Å². The van der Waals surface area contributed by atoms with Crippen molar-refractivity contribution in [3.63, 3.8) is 0 Å². The zero-order chi connectivity index (χ0) is 19.6. The van der Waals surface area contributed by atoms with E-state index in [1.54, 1.807) is 6.07 Å². The van der Waals surface area contributed by atoms with Gasteiger partial charge in [0.2, 0.25) is 5.95 Å². The van der Waals surface area contributed by atoms with Crippen LogP contribution in [0.3, 0.4) is 0 Å². The molecular weight excluding hydrogens is 338 g/mol. The molecule has 6 nitrogen and oxygen atoms in total. The van der Waals surface area contributed by atoms with Crippen LogP contribution in [0, 0.1) is 6.92 Å². The predicted molar refractivity (Wildman–Crippen MR) is 113 cm³/mol. The van der Waals surface area contributed by atoms with Gasteiger partial charge in [0, 0.05) is 36.7 Å². The van der Waals surface area contributed by atoms with Gasteiger partial charge in [-0.05, 0) is 57.5 Å². The molecule has 0 aliphatic carbocycles. The van der Waals surface area contributed by atoms with Crippen LogP contribution in [0.5, 0.6) is 0 Å². The highest BCUT2D eigenvalue weighted by molar-refractivity contribution is 6.03. The summed E-state index contributed by atoms with van der Waals surface area (Å²) in [5.74, 6) is 0.279. The van der Waals surface area contributed by atoms with Gasteiger partial charge in [-0.3, -0.25) is 4.79 Å². The molecular formula is C21H31N5O. The first-order valence-electron chi connectivity index (χ1n) is 9.83. The van der Waals surface area contributed by atoms with Crippen molar-refractivity contribution in [3.05, 3.63) is 41.7 Å². The first kappa shape index (κ1) is 20.7. The first-order valence-corrected chi connectivity index (χ1v) is 9.83. The van der Waals surface area contributed by atoms with E-state index in [0.29, 0.717) is 11.6 Å². The minimum Gasteiger partial charge on any atom is -0.372 e. The maximum atomic E-state index is 12.6. The molecule has 0 unspecified atom stereocenters. The van der Waals surface area contributed by atoms with E-state index in [9.17, 15) is 4.79 Å².